The van der Waals surface area contributed by atoms with Crippen molar-refractivity contribution in [3.05, 3.63) is 50.8 Å². The zero-order valence-electron chi connectivity index (χ0n) is 21.0. The highest BCUT2D eigenvalue weighted by Crippen LogP contribution is 2.40. The van der Waals surface area contributed by atoms with Crippen molar-refractivity contribution in [3.63, 3.8) is 0 Å². The first-order chi connectivity index (χ1) is 17.3. The number of rotatable bonds is 10. The van der Waals surface area contributed by atoms with Crippen LogP contribution in [0.1, 0.15) is 70.5 Å². The van der Waals surface area contributed by atoms with E-state index in [1.807, 2.05) is 29.7 Å². The van der Waals surface area contributed by atoms with E-state index in [1.54, 1.807) is 0 Å². The fraction of sp³-hybridized carbons (Fsp3) is 0.500. The van der Waals surface area contributed by atoms with Gasteiger partial charge in [0.05, 0.1) is 0 Å². The number of aromatic amines is 1. The number of nitrogens with zero attached hydrogens (tertiary/aromatic N) is 4. The lowest BCUT2D eigenvalue weighted by molar-refractivity contribution is -0.116. The molecule has 4 aromatic rings. The highest BCUT2D eigenvalue weighted by atomic mass is 16.3. The fourth-order valence-electron chi connectivity index (χ4n) is 4.47. The Balaban J connectivity index is 1.37. The van der Waals surface area contributed by atoms with Gasteiger partial charge in [-0.25, -0.2) is 14.8 Å². The van der Waals surface area contributed by atoms with Crippen molar-refractivity contribution in [3.8, 4) is 0 Å². The van der Waals surface area contributed by atoms with Gasteiger partial charge in [-0.05, 0) is 43.4 Å². The fourth-order valence-corrected chi connectivity index (χ4v) is 4.47. The Morgan fingerprint density at radius 3 is 2.75 bits per heavy atom. The molecule has 1 aliphatic rings. The minimum absolute atomic E-state index is 0.166. The molecule has 1 saturated carbocycles. The number of imidazole rings is 1. The Morgan fingerprint density at radius 2 is 2.03 bits per heavy atom. The van der Waals surface area contributed by atoms with Crippen LogP contribution in [0.3, 0.4) is 0 Å². The van der Waals surface area contributed by atoms with Gasteiger partial charge in [0.1, 0.15) is 11.3 Å². The molecule has 1 amide bonds. The first-order valence-corrected chi connectivity index (χ1v) is 12.8. The molecule has 5 rings (SSSR count). The van der Waals surface area contributed by atoms with Gasteiger partial charge in [0, 0.05) is 37.5 Å². The van der Waals surface area contributed by atoms with Gasteiger partial charge in [0.25, 0.3) is 5.56 Å². The van der Waals surface area contributed by atoms with E-state index in [-0.39, 0.29) is 18.2 Å². The molecule has 1 aromatic carbocycles. The SMILES string of the molecule is CCCCn1c(=O)[nH]c(=O)c2c1nc(CCC(=O)Nc1ccc3oc(C4CC4)nc3c1)n2CC(C)C. The molecule has 10 heteroatoms. The molecule has 10 nitrogen and oxygen atoms in total. The molecule has 0 spiro atoms. The number of amides is 1. The number of carbonyl (C=O) groups is 1. The number of benzene rings is 1. The number of nitrogens with one attached hydrogen (secondary N) is 2. The number of hydrogen-bond donors (Lipinski definition) is 2. The van der Waals surface area contributed by atoms with Crippen LogP contribution in [0.5, 0.6) is 0 Å². The number of unbranched alkanes of at least 4 members (excludes halogenated alkanes) is 1. The van der Waals surface area contributed by atoms with E-state index in [1.165, 1.54) is 4.57 Å². The zero-order valence-corrected chi connectivity index (χ0v) is 21.0. The Hall–Kier alpha value is -3.69. The summed E-state index contributed by atoms with van der Waals surface area (Å²) in [6.45, 7) is 7.20. The van der Waals surface area contributed by atoms with Crippen LogP contribution in [0.15, 0.2) is 32.2 Å². The van der Waals surface area contributed by atoms with Crippen LogP contribution in [0.25, 0.3) is 22.3 Å². The molecule has 0 unspecified atom stereocenters. The molecule has 0 aliphatic heterocycles. The van der Waals surface area contributed by atoms with Gasteiger partial charge in [-0.15, -0.1) is 0 Å². The molecule has 2 N–H and O–H groups in total. The molecule has 0 atom stereocenters. The third-order valence-electron chi connectivity index (χ3n) is 6.44. The Bertz CT molecular complexity index is 1540. The van der Waals surface area contributed by atoms with Crippen molar-refractivity contribution in [2.45, 2.75) is 78.3 Å². The Kier molecular flexibility index (Phi) is 6.51. The van der Waals surface area contributed by atoms with Crippen molar-refractivity contribution in [2.75, 3.05) is 5.32 Å². The maximum atomic E-state index is 12.8. The number of aromatic nitrogens is 5. The second-order valence-corrected chi connectivity index (χ2v) is 10.0. The topological polar surface area (TPSA) is 128 Å². The smallest absolute Gasteiger partial charge is 0.330 e. The maximum Gasteiger partial charge on any atom is 0.330 e. The average molecular weight is 493 g/mol. The summed E-state index contributed by atoms with van der Waals surface area (Å²) in [5.41, 5.74) is 1.98. The van der Waals surface area contributed by atoms with Crippen LogP contribution in [-0.2, 0) is 24.3 Å². The summed E-state index contributed by atoms with van der Waals surface area (Å²) in [6.07, 6.45) is 4.45. The minimum Gasteiger partial charge on any atom is -0.440 e. The van der Waals surface area contributed by atoms with E-state index in [4.69, 9.17) is 4.42 Å². The molecule has 1 aliphatic carbocycles. The number of aryl methyl sites for hydroxylation is 2. The van der Waals surface area contributed by atoms with Crippen molar-refractivity contribution in [2.24, 2.45) is 5.92 Å². The van der Waals surface area contributed by atoms with E-state index in [0.29, 0.717) is 48.1 Å². The number of oxazole rings is 1. The van der Waals surface area contributed by atoms with Crippen LogP contribution in [0, 0.1) is 5.92 Å². The highest BCUT2D eigenvalue weighted by Gasteiger charge is 2.29. The first-order valence-electron chi connectivity index (χ1n) is 12.8. The van der Waals surface area contributed by atoms with Crippen LogP contribution < -0.4 is 16.6 Å². The van der Waals surface area contributed by atoms with Crippen LogP contribution in [-0.4, -0.2) is 30.0 Å². The van der Waals surface area contributed by atoms with Crippen molar-refractivity contribution in [1.29, 1.82) is 0 Å². The van der Waals surface area contributed by atoms with Gasteiger partial charge in [0.2, 0.25) is 5.91 Å². The lowest BCUT2D eigenvalue weighted by Crippen LogP contribution is -2.31. The number of fused-ring (bicyclic) bond motifs is 2. The van der Waals surface area contributed by atoms with Gasteiger partial charge in [-0.1, -0.05) is 27.2 Å². The van der Waals surface area contributed by atoms with Crippen LogP contribution in [0.2, 0.25) is 0 Å². The first kappa shape index (κ1) is 24.0. The summed E-state index contributed by atoms with van der Waals surface area (Å²) in [5.74, 6) is 1.90. The summed E-state index contributed by atoms with van der Waals surface area (Å²) in [6, 6.07) is 5.46. The van der Waals surface area contributed by atoms with Crippen molar-refractivity contribution in [1.82, 2.24) is 24.1 Å². The molecule has 3 heterocycles. The van der Waals surface area contributed by atoms with E-state index >= 15 is 0 Å². The summed E-state index contributed by atoms with van der Waals surface area (Å²) < 4.78 is 9.18. The van der Waals surface area contributed by atoms with Crippen LogP contribution >= 0.6 is 0 Å². The van der Waals surface area contributed by atoms with E-state index in [2.05, 4.69) is 34.1 Å². The number of anilines is 1. The monoisotopic (exact) mass is 492 g/mol. The summed E-state index contributed by atoms with van der Waals surface area (Å²) in [4.78, 5) is 49.7. The Morgan fingerprint density at radius 1 is 1.22 bits per heavy atom. The lowest BCUT2D eigenvalue weighted by Gasteiger charge is -2.11. The molecule has 36 heavy (non-hydrogen) atoms. The van der Waals surface area contributed by atoms with Gasteiger partial charge >= 0.3 is 5.69 Å². The van der Waals surface area contributed by atoms with E-state index < -0.39 is 11.2 Å². The highest BCUT2D eigenvalue weighted by molar-refractivity contribution is 5.92. The van der Waals surface area contributed by atoms with Crippen LogP contribution in [0.4, 0.5) is 5.69 Å². The largest absolute Gasteiger partial charge is 0.440 e. The normalized spacial score (nSPS) is 13.8. The molecular formula is C26H32N6O4. The zero-order chi connectivity index (χ0) is 25.4. The number of carbonyl (C=O) groups excluding carboxylic acids is 1. The quantitative estimate of drug-likeness (QED) is 0.345. The van der Waals surface area contributed by atoms with Crippen molar-refractivity contribution < 1.29 is 9.21 Å². The molecule has 1 fully saturated rings. The molecule has 0 radical (unpaired) electrons. The summed E-state index contributed by atoms with van der Waals surface area (Å²) in [5, 5.41) is 2.93. The second kappa shape index (κ2) is 9.75. The molecule has 0 saturated heterocycles. The predicted octanol–water partition coefficient (Wildman–Crippen LogP) is 3.93. The van der Waals surface area contributed by atoms with E-state index in [9.17, 15) is 14.4 Å². The van der Waals surface area contributed by atoms with Gasteiger partial charge in [-0.2, -0.15) is 0 Å². The summed E-state index contributed by atoms with van der Waals surface area (Å²) in [7, 11) is 0. The van der Waals surface area contributed by atoms with Gasteiger partial charge in [0.15, 0.2) is 22.6 Å². The molecule has 190 valence electrons. The van der Waals surface area contributed by atoms with Gasteiger partial charge in [-0.3, -0.25) is 19.1 Å². The lowest BCUT2D eigenvalue weighted by atomic mass is 10.2. The van der Waals surface area contributed by atoms with Crippen molar-refractivity contribution >= 4 is 33.9 Å². The number of hydrogen-bond acceptors (Lipinski definition) is 6. The Labute approximate surface area is 207 Å². The third-order valence-corrected chi connectivity index (χ3v) is 6.44. The minimum atomic E-state index is -0.451. The van der Waals surface area contributed by atoms with Gasteiger partial charge < -0.3 is 14.3 Å². The molecule has 0 bridgehead atoms. The number of H-pyrrole nitrogens is 1. The third kappa shape index (κ3) is 4.84. The standard InChI is InChI=1S/C26H32N6O4/c1-4-5-12-31-23-22(24(34)30-26(31)35)32(14-15(2)3)20(29-23)10-11-21(33)27-17-8-9-19-18(13-17)28-25(36-19)16-6-7-16/h8-9,13,15-16H,4-7,10-12,14H2,1-3H3,(H,27,33)(H,30,34,35). The molecular weight excluding hydrogens is 460 g/mol. The average Bonchev–Trinajstić information content (AvgIpc) is 3.49. The maximum absolute atomic E-state index is 12.8. The predicted molar refractivity (Wildman–Crippen MR) is 137 cm³/mol. The van der Waals surface area contributed by atoms with E-state index in [0.717, 1.165) is 42.7 Å². The molecule has 3 aromatic heterocycles. The summed E-state index contributed by atoms with van der Waals surface area (Å²) >= 11 is 0. The second-order valence-electron chi connectivity index (χ2n) is 10.0.